The van der Waals surface area contributed by atoms with Crippen LogP contribution in [-0.4, -0.2) is 63.2 Å². The van der Waals surface area contributed by atoms with Crippen molar-refractivity contribution in [2.75, 3.05) is 51.4 Å². The SMILES string of the molecule is CCOCCOC1CCN(C(=O)Nc2ccc3c(c2)OCCO3)CC1. The molecule has 1 fully saturated rings. The number of hydrogen-bond acceptors (Lipinski definition) is 5. The molecule has 138 valence electrons. The molecule has 0 radical (unpaired) electrons. The lowest BCUT2D eigenvalue weighted by Gasteiger charge is -2.32. The number of amides is 2. The highest BCUT2D eigenvalue weighted by Gasteiger charge is 2.23. The van der Waals surface area contributed by atoms with Crippen LogP contribution in [0.4, 0.5) is 10.5 Å². The molecule has 2 aliphatic heterocycles. The zero-order valence-corrected chi connectivity index (χ0v) is 14.7. The Morgan fingerprint density at radius 1 is 1.20 bits per heavy atom. The van der Waals surface area contributed by atoms with Gasteiger partial charge in [0.25, 0.3) is 0 Å². The first-order chi connectivity index (χ1) is 12.3. The minimum atomic E-state index is -0.0931. The van der Waals surface area contributed by atoms with Crippen LogP contribution in [0.15, 0.2) is 18.2 Å². The van der Waals surface area contributed by atoms with Crippen LogP contribution in [0, 0.1) is 0 Å². The van der Waals surface area contributed by atoms with Crippen LogP contribution in [-0.2, 0) is 9.47 Å². The summed E-state index contributed by atoms with van der Waals surface area (Å²) in [6.07, 6.45) is 1.90. The first-order valence-electron chi connectivity index (χ1n) is 8.91. The summed E-state index contributed by atoms with van der Waals surface area (Å²) in [5.74, 6) is 1.39. The molecular formula is C18H26N2O5. The largest absolute Gasteiger partial charge is 0.486 e. The van der Waals surface area contributed by atoms with Gasteiger partial charge in [-0.25, -0.2) is 4.79 Å². The molecular weight excluding hydrogens is 324 g/mol. The van der Waals surface area contributed by atoms with Crippen LogP contribution in [0.5, 0.6) is 11.5 Å². The van der Waals surface area contributed by atoms with Gasteiger partial charge in [0.2, 0.25) is 0 Å². The van der Waals surface area contributed by atoms with E-state index >= 15 is 0 Å². The van der Waals surface area contributed by atoms with E-state index in [1.54, 1.807) is 6.07 Å². The van der Waals surface area contributed by atoms with Gasteiger partial charge in [0, 0.05) is 31.5 Å². The number of carbonyl (C=O) groups excluding carboxylic acids is 1. The van der Waals surface area contributed by atoms with Gasteiger partial charge in [0.15, 0.2) is 11.5 Å². The molecule has 0 spiro atoms. The van der Waals surface area contributed by atoms with Crippen LogP contribution in [0.3, 0.4) is 0 Å². The lowest BCUT2D eigenvalue weighted by Crippen LogP contribution is -2.43. The van der Waals surface area contributed by atoms with Crippen LogP contribution < -0.4 is 14.8 Å². The maximum absolute atomic E-state index is 12.4. The van der Waals surface area contributed by atoms with Crippen molar-refractivity contribution in [2.24, 2.45) is 0 Å². The minimum Gasteiger partial charge on any atom is -0.486 e. The third-order valence-electron chi connectivity index (χ3n) is 4.31. The fourth-order valence-corrected chi connectivity index (χ4v) is 2.97. The molecule has 7 heteroatoms. The van der Waals surface area contributed by atoms with Crippen molar-refractivity contribution in [1.82, 2.24) is 4.90 Å². The summed E-state index contributed by atoms with van der Waals surface area (Å²) in [7, 11) is 0. The Bertz CT molecular complexity index is 573. The second kappa shape index (κ2) is 8.92. The van der Waals surface area contributed by atoms with E-state index in [9.17, 15) is 4.79 Å². The first kappa shape index (κ1) is 17.8. The fraction of sp³-hybridized carbons (Fsp3) is 0.611. The maximum atomic E-state index is 12.4. The number of rotatable bonds is 6. The summed E-state index contributed by atoms with van der Waals surface area (Å²) < 4.78 is 22.1. The van der Waals surface area contributed by atoms with Gasteiger partial charge in [-0.05, 0) is 31.9 Å². The second-order valence-corrected chi connectivity index (χ2v) is 6.04. The molecule has 7 nitrogen and oxygen atoms in total. The van der Waals surface area contributed by atoms with Crippen molar-refractivity contribution in [3.8, 4) is 11.5 Å². The normalized spacial score (nSPS) is 17.4. The number of nitrogens with zero attached hydrogens (tertiary/aromatic N) is 1. The summed E-state index contributed by atoms with van der Waals surface area (Å²) in [6.45, 7) is 6.39. The predicted molar refractivity (Wildman–Crippen MR) is 93.5 cm³/mol. The monoisotopic (exact) mass is 350 g/mol. The third-order valence-corrected chi connectivity index (χ3v) is 4.31. The average molecular weight is 350 g/mol. The predicted octanol–water partition coefficient (Wildman–Crippen LogP) is 2.51. The number of fused-ring (bicyclic) bond motifs is 1. The molecule has 25 heavy (non-hydrogen) atoms. The summed E-state index contributed by atoms with van der Waals surface area (Å²) in [5, 5.41) is 2.93. The molecule has 1 aromatic carbocycles. The Morgan fingerprint density at radius 2 is 1.96 bits per heavy atom. The van der Waals surface area contributed by atoms with Crippen molar-refractivity contribution in [3.63, 3.8) is 0 Å². The molecule has 0 unspecified atom stereocenters. The fourth-order valence-electron chi connectivity index (χ4n) is 2.97. The Morgan fingerprint density at radius 3 is 2.72 bits per heavy atom. The highest BCUT2D eigenvalue weighted by Crippen LogP contribution is 2.32. The molecule has 0 bridgehead atoms. The zero-order valence-electron chi connectivity index (χ0n) is 14.7. The van der Waals surface area contributed by atoms with Crippen molar-refractivity contribution in [1.29, 1.82) is 0 Å². The number of hydrogen-bond donors (Lipinski definition) is 1. The van der Waals surface area contributed by atoms with Gasteiger partial charge in [-0.15, -0.1) is 0 Å². The summed E-state index contributed by atoms with van der Waals surface area (Å²) in [4.78, 5) is 14.2. The number of nitrogens with one attached hydrogen (secondary N) is 1. The first-order valence-corrected chi connectivity index (χ1v) is 8.91. The second-order valence-electron chi connectivity index (χ2n) is 6.04. The molecule has 0 aromatic heterocycles. The lowest BCUT2D eigenvalue weighted by molar-refractivity contribution is -0.0152. The topological polar surface area (TPSA) is 69.3 Å². The van der Waals surface area contributed by atoms with E-state index in [0.717, 1.165) is 12.8 Å². The van der Waals surface area contributed by atoms with Gasteiger partial charge in [0.05, 0.1) is 19.3 Å². The number of piperidine rings is 1. The smallest absolute Gasteiger partial charge is 0.321 e. The van der Waals surface area contributed by atoms with E-state index < -0.39 is 0 Å². The van der Waals surface area contributed by atoms with Gasteiger partial charge in [-0.1, -0.05) is 0 Å². The van der Waals surface area contributed by atoms with Gasteiger partial charge < -0.3 is 29.2 Å². The molecule has 2 aliphatic rings. The number of ether oxygens (including phenoxy) is 4. The Hall–Kier alpha value is -1.99. The van der Waals surface area contributed by atoms with Crippen molar-refractivity contribution in [3.05, 3.63) is 18.2 Å². The van der Waals surface area contributed by atoms with Crippen molar-refractivity contribution < 1.29 is 23.7 Å². The molecule has 1 N–H and O–H groups in total. The van der Waals surface area contributed by atoms with E-state index in [4.69, 9.17) is 18.9 Å². The van der Waals surface area contributed by atoms with Crippen LogP contribution >= 0.6 is 0 Å². The molecule has 0 atom stereocenters. The van der Waals surface area contributed by atoms with Gasteiger partial charge in [-0.3, -0.25) is 0 Å². The molecule has 2 amide bonds. The Labute approximate surface area is 148 Å². The Balaban J connectivity index is 1.43. The molecule has 3 rings (SSSR count). The number of urea groups is 1. The van der Waals surface area contributed by atoms with E-state index in [-0.39, 0.29) is 12.1 Å². The van der Waals surface area contributed by atoms with Crippen molar-refractivity contribution in [2.45, 2.75) is 25.9 Å². The molecule has 0 aliphatic carbocycles. The van der Waals surface area contributed by atoms with Gasteiger partial charge >= 0.3 is 6.03 Å². The van der Waals surface area contributed by atoms with Gasteiger partial charge in [0.1, 0.15) is 13.2 Å². The number of likely N-dealkylation sites (tertiary alicyclic amines) is 1. The van der Waals surface area contributed by atoms with E-state index in [1.807, 2.05) is 24.0 Å². The average Bonchev–Trinajstić information content (AvgIpc) is 2.65. The van der Waals surface area contributed by atoms with E-state index in [2.05, 4.69) is 5.32 Å². The quantitative estimate of drug-likeness (QED) is 0.799. The summed E-state index contributed by atoms with van der Waals surface area (Å²) in [6, 6.07) is 5.36. The standard InChI is InChI=1S/C18H26N2O5/c1-2-22-9-10-23-15-5-7-20(8-6-15)18(21)19-14-3-4-16-17(13-14)25-12-11-24-16/h3-4,13,15H,2,5-12H2,1H3,(H,19,21). The number of benzene rings is 1. The lowest BCUT2D eigenvalue weighted by atomic mass is 10.1. The van der Waals surface area contributed by atoms with Gasteiger partial charge in [-0.2, -0.15) is 0 Å². The summed E-state index contributed by atoms with van der Waals surface area (Å²) >= 11 is 0. The number of carbonyl (C=O) groups is 1. The van der Waals surface area contributed by atoms with Crippen molar-refractivity contribution >= 4 is 11.7 Å². The molecule has 2 heterocycles. The number of anilines is 1. The Kier molecular flexibility index (Phi) is 6.36. The maximum Gasteiger partial charge on any atom is 0.321 e. The van der Waals surface area contributed by atoms with Crippen LogP contribution in [0.2, 0.25) is 0 Å². The van der Waals surface area contributed by atoms with E-state index in [0.29, 0.717) is 63.3 Å². The zero-order chi connectivity index (χ0) is 17.5. The van der Waals surface area contributed by atoms with Crippen LogP contribution in [0.1, 0.15) is 19.8 Å². The highest BCUT2D eigenvalue weighted by atomic mass is 16.6. The minimum absolute atomic E-state index is 0.0931. The van der Waals surface area contributed by atoms with Crippen LogP contribution in [0.25, 0.3) is 0 Å². The third kappa shape index (κ3) is 4.99. The van der Waals surface area contributed by atoms with E-state index in [1.165, 1.54) is 0 Å². The summed E-state index contributed by atoms with van der Waals surface area (Å²) in [5.41, 5.74) is 0.712. The molecule has 1 aromatic rings. The molecule has 1 saturated heterocycles. The molecule has 0 saturated carbocycles. The highest BCUT2D eigenvalue weighted by molar-refractivity contribution is 5.89.